The molecule has 1 aromatic carbocycles. The molecule has 0 spiro atoms. The maximum Gasteiger partial charge on any atom is 0.368 e. The second-order valence-electron chi connectivity index (χ2n) is 3.02. The monoisotopic (exact) mass is 199 g/mol. The molecular weight excluding hydrogens is 194 g/mol. The van der Waals surface area contributed by atoms with Crippen molar-refractivity contribution in [3.05, 3.63) is 41.6 Å². The molecule has 6 heteroatoms. The van der Waals surface area contributed by atoms with Gasteiger partial charge in [0.2, 0.25) is 0 Å². The minimum Gasteiger partial charge on any atom is -0.244 e. The standard InChI is InChI=1S/C9H5N5O/c15-9-12-7-2-1-6(3-8(7)13-9)14-5-10-4-11-14/h1-5H. The molecule has 0 bridgehead atoms. The zero-order valence-corrected chi connectivity index (χ0v) is 7.53. The molecular formula is C9H5N5O. The highest BCUT2D eigenvalue weighted by Gasteiger charge is 2.05. The van der Waals surface area contributed by atoms with Crippen molar-refractivity contribution in [1.82, 2.24) is 14.8 Å². The van der Waals surface area contributed by atoms with Crippen LogP contribution in [-0.2, 0) is 0 Å². The van der Waals surface area contributed by atoms with Crippen molar-refractivity contribution < 1.29 is 4.79 Å². The van der Waals surface area contributed by atoms with Crippen LogP contribution in [-0.4, -0.2) is 20.8 Å². The van der Waals surface area contributed by atoms with Crippen LogP contribution in [0.2, 0.25) is 0 Å². The van der Waals surface area contributed by atoms with Crippen molar-refractivity contribution in [2.75, 3.05) is 0 Å². The molecule has 2 amide bonds. The van der Waals surface area contributed by atoms with Crippen LogP contribution < -0.4 is 10.7 Å². The van der Waals surface area contributed by atoms with Crippen LogP contribution in [0.5, 0.6) is 0 Å². The molecule has 0 aliphatic carbocycles. The molecule has 0 atom stereocenters. The normalized spacial score (nSPS) is 13.2. The quantitative estimate of drug-likeness (QED) is 0.629. The summed E-state index contributed by atoms with van der Waals surface area (Å²) in [5.74, 6) is 0. The number of fused-ring (bicyclic) bond motifs is 1. The van der Waals surface area contributed by atoms with E-state index in [2.05, 4.69) is 20.1 Å². The number of nitrogens with zero attached hydrogens (tertiary/aromatic N) is 5. The fraction of sp³-hybridized carbons (Fsp3) is 0. The summed E-state index contributed by atoms with van der Waals surface area (Å²) in [6.45, 7) is 0. The summed E-state index contributed by atoms with van der Waals surface area (Å²) in [4.78, 5) is 22.2. The Morgan fingerprint density at radius 3 is 2.80 bits per heavy atom. The molecule has 0 unspecified atom stereocenters. The van der Waals surface area contributed by atoms with Crippen LogP contribution in [0.25, 0.3) is 5.69 Å². The summed E-state index contributed by atoms with van der Waals surface area (Å²) in [6, 6.07) is 4.84. The van der Waals surface area contributed by atoms with Gasteiger partial charge < -0.3 is 0 Å². The van der Waals surface area contributed by atoms with Gasteiger partial charge in [-0.15, -0.1) is 0 Å². The van der Waals surface area contributed by atoms with Gasteiger partial charge in [0.1, 0.15) is 12.7 Å². The highest BCUT2D eigenvalue weighted by molar-refractivity contribution is 5.77. The van der Waals surface area contributed by atoms with E-state index in [4.69, 9.17) is 0 Å². The lowest BCUT2D eigenvalue weighted by Crippen LogP contribution is -2.22. The van der Waals surface area contributed by atoms with Gasteiger partial charge in [0, 0.05) is 0 Å². The molecule has 3 rings (SSSR count). The summed E-state index contributed by atoms with van der Waals surface area (Å²) in [6.07, 6.45) is 3.02. The molecule has 15 heavy (non-hydrogen) atoms. The first-order chi connectivity index (χ1) is 7.33. The summed E-state index contributed by atoms with van der Waals surface area (Å²) < 4.78 is 1.60. The first-order valence-electron chi connectivity index (χ1n) is 4.29. The zero-order chi connectivity index (χ0) is 10.3. The van der Waals surface area contributed by atoms with E-state index in [0.717, 1.165) is 5.69 Å². The molecule has 0 N–H and O–H groups in total. The number of rotatable bonds is 1. The third-order valence-corrected chi connectivity index (χ3v) is 2.07. The highest BCUT2D eigenvalue weighted by atomic mass is 16.2. The van der Waals surface area contributed by atoms with Crippen molar-refractivity contribution in [3.63, 3.8) is 0 Å². The van der Waals surface area contributed by atoms with E-state index < -0.39 is 6.03 Å². The largest absolute Gasteiger partial charge is 0.368 e. The maximum absolute atomic E-state index is 10.9. The van der Waals surface area contributed by atoms with Gasteiger partial charge in [-0.2, -0.15) is 15.1 Å². The molecule has 72 valence electrons. The first-order valence-corrected chi connectivity index (χ1v) is 4.29. The maximum atomic E-state index is 10.9. The number of urea groups is 1. The van der Waals surface area contributed by atoms with E-state index in [1.54, 1.807) is 23.1 Å². The summed E-state index contributed by atoms with van der Waals surface area (Å²) in [5.41, 5.74) is 0.805. The number of amides is 2. The van der Waals surface area contributed by atoms with Gasteiger partial charge in [0.15, 0.2) is 0 Å². The second-order valence-corrected chi connectivity index (χ2v) is 3.02. The Labute approximate surface area is 83.6 Å². The number of aromatic nitrogens is 3. The summed E-state index contributed by atoms with van der Waals surface area (Å²) >= 11 is 0. The zero-order valence-electron chi connectivity index (χ0n) is 7.53. The fourth-order valence-electron chi connectivity index (χ4n) is 1.41. The molecule has 0 fully saturated rings. The number of hydrogen-bond donors (Lipinski definition) is 0. The molecule has 1 aliphatic rings. The molecule has 2 aromatic rings. The smallest absolute Gasteiger partial charge is 0.244 e. The van der Waals surface area contributed by atoms with Gasteiger partial charge in [0.25, 0.3) is 0 Å². The van der Waals surface area contributed by atoms with Gasteiger partial charge in [0.05, 0.1) is 16.4 Å². The van der Waals surface area contributed by atoms with E-state index >= 15 is 0 Å². The summed E-state index contributed by atoms with van der Waals surface area (Å²) in [5, 5.41) is 5.16. The van der Waals surface area contributed by atoms with Crippen molar-refractivity contribution in [2.24, 2.45) is 9.98 Å². The molecule has 0 saturated heterocycles. The third kappa shape index (κ3) is 1.23. The van der Waals surface area contributed by atoms with Crippen molar-refractivity contribution in [1.29, 1.82) is 0 Å². The highest BCUT2D eigenvalue weighted by Crippen LogP contribution is 1.99. The molecule has 1 aromatic heterocycles. The topological polar surface area (TPSA) is 72.5 Å². The van der Waals surface area contributed by atoms with Crippen molar-refractivity contribution in [3.8, 4) is 5.69 Å². The Kier molecular flexibility index (Phi) is 1.49. The van der Waals surface area contributed by atoms with Gasteiger partial charge in [-0.3, -0.25) is 0 Å². The minimum absolute atomic E-state index is 0.458. The van der Waals surface area contributed by atoms with E-state index in [-0.39, 0.29) is 0 Å². The van der Waals surface area contributed by atoms with Crippen LogP contribution in [0.1, 0.15) is 0 Å². The molecule has 2 heterocycles. The average molecular weight is 199 g/mol. The second kappa shape index (κ2) is 2.81. The molecule has 1 aliphatic heterocycles. The predicted octanol–water partition coefficient (Wildman–Crippen LogP) is -0.360. The van der Waals surface area contributed by atoms with Crippen LogP contribution >= 0.6 is 0 Å². The molecule has 0 saturated carbocycles. The number of hydrogen-bond acceptors (Lipinski definition) is 3. The van der Waals surface area contributed by atoms with E-state index in [1.807, 2.05) is 6.07 Å². The Hall–Kier alpha value is -2.37. The van der Waals surface area contributed by atoms with E-state index in [0.29, 0.717) is 10.7 Å². The van der Waals surface area contributed by atoms with Gasteiger partial charge in [-0.05, 0) is 18.2 Å². The van der Waals surface area contributed by atoms with Crippen LogP contribution in [0.15, 0.2) is 40.8 Å². The predicted molar refractivity (Wildman–Crippen MR) is 49.1 cm³/mol. The fourth-order valence-corrected chi connectivity index (χ4v) is 1.41. The van der Waals surface area contributed by atoms with E-state index in [9.17, 15) is 4.79 Å². The van der Waals surface area contributed by atoms with Crippen LogP contribution in [0.4, 0.5) is 4.79 Å². The van der Waals surface area contributed by atoms with Crippen molar-refractivity contribution >= 4 is 6.03 Å². The average Bonchev–Trinajstić information content (AvgIpc) is 2.82. The Bertz CT molecular complexity index is 644. The van der Waals surface area contributed by atoms with E-state index in [1.165, 1.54) is 6.33 Å². The Morgan fingerprint density at radius 1 is 1.13 bits per heavy atom. The molecule has 6 nitrogen and oxygen atoms in total. The lowest BCUT2D eigenvalue weighted by atomic mass is 10.3. The van der Waals surface area contributed by atoms with Crippen LogP contribution in [0, 0.1) is 0 Å². The number of carbonyl (C=O) groups excluding carboxylic acids is 1. The number of carbonyl (C=O) groups is 1. The lowest BCUT2D eigenvalue weighted by Gasteiger charge is -1.97. The van der Waals surface area contributed by atoms with Crippen molar-refractivity contribution in [2.45, 2.75) is 0 Å². The minimum atomic E-state index is -0.458. The Balaban J connectivity index is 2.25. The Morgan fingerprint density at radius 2 is 2.00 bits per heavy atom. The lowest BCUT2D eigenvalue weighted by molar-refractivity contribution is 0.256. The summed E-state index contributed by atoms with van der Waals surface area (Å²) in [7, 11) is 0. The third-order valence-electron chi connectivity index (χ3n) is 2.07. The SMILES string of the molecule is O=C1N=c2ccc(-n3cncn3)cc2=N1. The van der Waals surface area contributed by atoms with Gasteiger partial charge in [-0.25, -0.2) is 14.5 Å². The molecule has 0 radical (unpaired) electrons. The van der Waals surface area contributed by atoms with Crippen LogP contribution in [0.3, 0.4) is 0 Å². The van der Waals surface area contributed by atoms with Gasteiger partial charge >= 0.3 is 6.03 Å². The number of benzene rings is 1. The first kappa shape index (κ1) is 7.98. The van der Waals surface area contributed by atoms with Gasteiger partial charge in [-0.1, -0.05) is 0 Å².